The van der Waals surface area contributed by atoms with E-state index in [-0.39, 0.29) is 12.6 Å². The van der Waals surface area contributed by atoms with Crippen molar-refractivity contribution in [3.05, 3.63) is 35.9 Å². The average molecular weight is 193 g/mol. The van der Waals surface area contributed by atoms with Crippen molar-refractivity contribution in [3.63, 3.8) is 0 Å². The molecule has 0 aliphatic rings. The fraction of sp³-hybridized carbons (Fsp3) is 0.300. The van der Waals surface area contributed by atoms with Crippen LogP contribution in [0.2, 0.25) is 0 Å². The smallest absolute Gasteiger partial charge is 0.0874 e. The maximum Gasteiger partial charge on any atom is 0.0874 e. The molecule has 0 heterocycles. The summed E-state index contributed by atoms with van der Waals surface area (Å²) in [6, 6.07) is 9.72. The summed E-state index contributed by atoms with van der Waals surface area (Å²) in [7, 11) is 0. The van der Waals surface area contributed by atoms with E-state index in [4.69, 9.17) is 5.11 Å². The molecule has 3 heteroatoms. The van der Waals surface area contributed by atoms with Crippen molar-refractivity contribution in [1.82, 2.24) is 0 Å². The molecule has 0 saturated heterocycles. The lowest BCUT2D eigenvalue weighted by molar-refractivity contribution is 0.277. The molecule has 1 aromatic rings. The highest BCUT2D eigenvalue weighted by atomic mass is 32.1. The van der Waals surface area contributed by atoms with Crippen LogP contribution in [0.25, 0.3) is 0 Å². The fourth-order valence-electron chi connectivity index (χ4n) is 1.17. The number of rotatable bonds is 4. The Bertz CT molecular complexity index is 293. The van der Waals surface area contributed by atoms with E-state index < -0.39 is 0 Å². The van der Waals surface area contributed by atoms with Crippen LogP contribution >= 0.6 is 12.2 Å². The minimum atomic E-state index is -0.0521. The van der Waals surface area contributed by atoms with E-state index in [1.807, 2.05) is 30.3 Å². The van der Waals surface area contributed by atoms with Crippen molar-refractivity contribution in [2.24, 2.45) is 4.99 Å². The summed E-state index contributed by atoms with van der Waals surface area (Å²) in [5.41, 5.74) is 1.06. The van der Waals surface area contributed by atoms with Gasteiger partial charge in [-0.1, -0.05) is 30.3 Å². The molecule has 1 N–H and O–H groups in total. The van der Waals surface area contributed by atoms with E-state index in [0.717, 1.165) is 5.56 Å². The molecule has 0 unspecified atom stereocenters. The quantitative estimate of drug-likeness (QED) is 0.587. The number of aliphatic imine (C=N–C) groups is 1. The molecular weight excluding hydrogens is 182 g/mol. The summed E-state index contributed by atoms with van der Waals surface area (Å²) in [6.45, 7) is 0.111. The minimum absolute atomic E-state index is 0.0521. The third-order valence-electron chi connectivity index (χ3n) is 1.80. The molecule has 0 bridgehead atoms. The van der Waals surface area contributed by atoms with Crippen LogP contribution in [0.15, 0.2) is 35.3 Å². The Balaban J connectivity index is 2.81. The van der Waals surface area contributed by atoms with Crippen LogP contribution in [0.1, 0.15) is 18.0 Å². The molecule has 0 aliphatic carbocycles. The number of aliphatic hydroxyl groups excluding tert-OH is 1. The summed E-state index contributed by atoms with van der Waals surface area (Å²) >= 11 is 4.54. The first-order valence-electron chi connectivity index (χ1n) is 4.11. The highest BCUT2D eigenvalue weighted by Gasteiger charge is 2.07. The van der Waals surface area contributed by atoms with Crippen LogP contribution in [-0.2, 0) is 0 Å². The number of hydrogen-bond donors (Lipinski definition) is 1. The van der Waals surface area contributed by atoms with Gasteiger partial charge in [-0.05, 0) is 24.2 Å². The number of aliphatic hydroxyl groups is 1. The molecule has 0 radical (unpaired) electrons. The number of isothiocyanates is 1. The van der Waals surface area contributed by atoms with Gasteiger partial charge in [0.2, 0.25) is 0 Å². The lowest BCUT2D eigenvalue weighted by Gasteiger charge is -2.08. The molecule has 1 aromatic carbocycles. The fourth-order valence-corrected chi connectivity index (χ4v) is 1.29. The van der Waals surface area contributed by atoms with Gasteiger partial charge in [0.05, 0.1) is 11.2 Å². The zero-order valence-corrected chi connectivity index (χ0v) is 8.00. The predicted octanol–water partition coefficient (Wildman–Crippen LogP) is 2.21. The molecule has 0 amide bonds. The zero-order chi connectivity index (χ0) is 9.52. The van der Waals surface area contributed by atoms with Crippen LogP contribution in [0, 0.1) is 0 Å². The molecule has 2 nitrogen and oxygen atoms in total. The maximum atomic E-state index is 8.80. The molecular formula is C10H11NOS. The van der Waals surface area contributed by atoms with Gasteiger partial charge < -0.3 is 5.11 Å². The molecule has 1 rings (SSSR count). The van der Waals surface area contributed by atoms with Gasteiger partial charge in [0.15, 0.2) is 0 Å². The summed E-state index contributed by atoms with van der Waals surface area (Å²) < 4.78 is 0. The number of hydrogen-bond acceptors (Lipinski definition) is 3. The second kappa shape index (κ2) is 5.60. The van der Waals surface area contributed by atoms with Crippen molar-refractivity contribution >= 4 is 17.4 Å². The molecule has 0 spiro atoms. The standard InChI is InChI=1S/C10H11NOS/c12-7-6-10(11-8-13)9-4-2-1-3-5-9/h1-5,10,12H,6-7H2/t10-/m0/s1. The van der Waals surface area contributed by atoms with E-state index in [1.165, 1.54) is 0 Å². The SMILES string of the molecule is OCC[C@H](N=C=S)c1ccccc1. The monoisotopic (exact) mass is 193 g/mol. The Labute approximate surface area is 82.9 Å². The van der Waals surface area contributed by atoms with Gasteiger partial charge in [-0.2, -0.15) is 0 Å². The van der Waals surface area contributed by atoms with Crippen LogP contribution in [0.4, 0.5) is 0 Å². The van der Waals surface area contributed by atoms with E-state index >= 15 is 0 Å². The highest BCUT2D eigenvalue weighted by molar-refractivity contribution is 7.78. The van der Waals surface area contributed by atoms with Gasteiger partial charge in [-0.3, -0.25) is 0 Å². The Morgan fingerprint density at radius 1 is 1.38 bits per heavy atom. The first-order chi connectivity index (χ1) is 6.38. The van der Waals surface area contributed by atoms with Gasteiger partial charge in [-0.25, -0.2) is 4.99 Å². The van der Waals surface area contributed by atoms with Crippen molar-refractivity contribution in [2.75, 3.05) is 6.61 Å². The minimum Gasteiger partial charge on any atom is -0.396 e. The van der Waals surface area contributed by atoms with E-state index in [9.17, 15) is 0 Å². The van der Waals surface area contributed by atoms with Crippen LogP contribution in [0.3, 0.4) is 0 Å². The summed E-state index contributed by atoms with van der Waals surface area (Å²) in [5.74, 6) is 0. The van der Waals surface area contributed by atoms with E-state index in [0.29, 0.717) is 6.42 Å². The number of thiocarbonyl (C=S) groups is 1. The Morgan fingerprint density at radius 2 is 2.08 bits per heavy atom. The van der Waals surface area contributed by atoms with Crippen molar-refractivity contribution in [2.45, 2.75) is 12.5 Å². The second-order valence-corrected chi connectivity index (χ2v) is 2.84. The van der Waals surface area contributed by atoms with E-state index in [2.05, 4.69) is 22.4 Å². The largest absolute Gasteiger partial charge is 0.396 e. The lowest BCUT2D eigenvalue weighted by atomic mass is 10.1. The molecule has 68 valence electrons. The second-order valence-electron chi connectivity index (χ2n) is 2.66. The average Bonchev–Trinajstić information content (AvgIpc) is 2.19. The van der Waals surface area contributed by atoms with Crippen molar-refractivity contribution in [1.29, 1.82) is 0 Å². The van der Waals surface area contributed by atoms with Crippen LogP contribution in [-0.4, -0.2) is 16.9 Å². The first-order valence-corrected chi connectivity index (χ1v) is 4.52. The molecule has 0 fully saturated rings. The molecule has 13 heavy (non-hydrogen) atoms. The zero-order valence-electron chi connectivity index (χ0n) is 7.18. The van der Waals surface area contributed by atoms with Gasteiger partial charge in [0, 0.05) is 6.61 Å². The van der Waals surface area contributed by atoms with Gasteiger partial charge in [0.1, 0.15) is 0 Å². The summed E-state index contributed by atoms with van der Waals surface area (Å²) in [6.07, 6.45) is 0.591. The molecule has 0 aliphatic heterocycles. The number of benzene rings is 1. The van der Waals surface area contributed by atoms with E-state index in [1.54, 1.807) is 0 Å². The predicted molar refractivity (Wildman–Crippen MR) is 55.9 cm³/mol. The van der Waals surface area contributed by atoms with Crippen LogP contribution in [0.5, 0.6) is 0 Å². The molecule has 0 aromatic heterocycles. The Hall–Kier alpha value is -1.02. The van der Waals surface area contributed by atoms with Gasteiger partial charge in [-0.15, -0.1) is 0 Å². The molecule has 0 saturated carbocycles. The number of nitrogens with zero attached hydrogens (tertiary/aromatic N) is 1. The van der Waals surface area contributed by atoms with Crippen molar-refractivity contribution < 1.29 is 5.11 Å². The Morgan fingerprint density at radius 3 is 2.62 bits per heavy atom. The Kier molecular flexibility index (Phi) is 4.33. The maximum absolute atomic E-state index is 8.80. The topological polar surface area (TPSA) is 32.6 Å². The highest BCUT2D eigenvalue weighted by Crippen LogP contribution is 2.19. The third-order valence-corrected chi connectivity index (χ3v) is 1.90. The normalized spacial score (nSPS) is 11.8. The van der Waals surface area contributed by atoms with Crippen LogP contribution < -0.4 is 0 Å². The molecule has 1 atom stereocenters. The lowest BCUT2D eigenvalue weighted by Crippen LogP contribution is -1.97. The summed E-state index contributed by atoms with van der Waals surface area (Å²) in [5, 5.41) is 11.2. The first kappa shape index (κ1) is 10.1. The summed E-state index contributed by atoms with van der Waals surface area (Å²) in [4.78, 5) is 3.99. The van der Waals surface area contributed by atoms with Gasteiger partial charge >= 0.3 is 0 Å². The van der Waals surface area contributed by atoms with Crippen molar-refractivity contribution in [3.8, 4) is 0 Å². The van der Waals surface area contributed by atoms with Gasteiger partial charge in [0.25, 0.3) is 0 Å². The third kappa shape index (κ3) is 3.07.